The van der Waals surface area contributed by atoms with Crippen molar-refractivity contribution in [1.82, 2.24) is 10.0 Å². The number of hydrogen-bond donors (Lipinski definition) is 0. The summed E-state index contributed by atoms with van der Waals surface area (Å²) in [5.41, 5.74) is 1.42. The molecule has 1 atom stereocenters. The maximum atomic E-state index is 13.6. The summed E-state index contributed by atoms with van der Waals surface area (Å²) in [6, 6.07) is 5.90. The molecule has 1 aliphatic rings. The maximum Gasteiger partial charge on any atom is 0.152 e. The smallest absolute Gasteiger partial charge is 0.152 e. The summed E-state index contributed by atoms with van der Waals surface area (Å²) in [6.45, 7) is 1.52. The topological polar surface area (TPSA) is 47.3 Å². The first-order chi connectivity index (χ1) is 8.95. The van der Waals surface area contributed by atoms with E-state index in [2.05, 4.69) is 0 Å². The molecule has 0 aliphatic carbocycles. The third-order valence-electron chi connectivity index (χ3n) is 3.34. The van der Waals surface area contributed by atoms with Gasteiger partial charge in [-0.25, -0.2) is 9.40 Å². The number of Topliss-reactive ketones (excluding diaryl/α,β-unsaturated/α-hetero) is 1. The number of halogens is 1. The first-order valence-corrected chi connectivity index (χ1v) is 5.84. The average Bonchev–Trinajstić information content (AvgIpc) is 2.66. The highest BCUT2D eigenvalue weighted by atomic mass is 19.1. The van der Waals surface area contributed by atoms with Crippen molar-refractivity contribution in [1.29, 1.82) is 5.26 Å². The molecule has 0 amide bonds. The van der Waals surface area contributed by atoms with Gasteiger partial charge in [0, 0.05) is 19.7 Å². The highest BCUT2D eigenvalue weighted by Crippen LogP contribution is 2.28. The number of carbonyl (C=O) groups excluding carboxylic acids is 1. The van der Waals surface area contributed by atoms with Crippen LogP contribution in [0.15, 0.2) is 24.3 Å². The van der Waals surface area contributed by atoms with Crippen molar-refractivity contribution in [3.63, 3.8) is 0 Å². The number of nitrogens with zero attached hydrogens (tertiary/aromatic N) is 3. The second-order valence-corrected chi connectivity index (χ2v) is 4.51. The minimum Gasteiger partial charge on any atom is -0.308 e. The Morgan fingerprint density at radius 3 is 2.58 bits per heavy atom. The standard InChI is InChI=1S/C14H14FN3O/c1-9(19)13-7-14(18(3)17(13)2)10-4-5-11(8-16)12(15)6-10/h4-7,13H,1-3H3. The van der Waals surface area contributed by atoms with Gasteiger partial charge in [-0.05, 0) is 25.1 Å². The summed E-state index contributed by atoms with van der Waals surface area (Å²) in [7, 11) is 3.61. The molecule has 0 saturated heterocycles. The number of benzene rings is 1. The van der Waals surface area contributed by atoms with Crippen LogP contribution in [0, 0.1) is 17.1 Å². The third-order valence-corrected chi connectivity index (χ3v) is 3.34. The Labute approximate surface area is 111 Å². The first-order valence-electron chi connectivity index (χ1n) is 5.84. The Balaban J connectivity index is 2.42. The van der Waals surface area contributed by atoms with E-state index in [4.69, 9.17) is 5.26 Å². The fraction of sp³-hybridized carbons (Fsp3) is 0.286. The molecular formula is C14H14FN3O. The predicted molar refractivity (Wildman–Crippen MR) is 69.1 cm³/mol. The molecule has 0 spiro atoms. The molecule has 0 aromatic heterocycles. The van der Waals surface area contributed by atoms with E-state index in [1.807, 2.05) is 7.05 Å². The molecule has 0 fully saturated rings. The van der Waals surface area contributed by atoms with Crippen molar-refractivity contribution in [2.75, 3.05) is 14.1 Å². The van der Waals surface area contributed by atoms with Crippen LogP contribution in [0.3, 0.4) is 0 Å². The number of rotatable bonds is 2. The van der Waals surface area contributed by atoms with Crippen molar-refractivity contribution in [2.24, 2.45) is 0 Å². The molecule has 0 radical (unpaired) electrons. The lowest BCUT2D eigenvalue weighted by molar-refractivity contribution is -0.122. The van der Waals surface area contributed by atoms with Crippen LogP contribution >= 0.6 is 0 Å². The molecular weight excluding hydrogens is 245 g/mol. The Morgan fingerprint density at radius 1 is 1.42 bits per heavy atom. The van der Waals surface area contributed by atoms with E-state index in [9.17, 15) is 9.18 Å². The highest BCUT2D eigenvalue weighted by molar-refractivity contribution is 5.87. The van der Waals surface area contributed by atoms with Crippen LogP contribution in [0.2, 0.25) is 0 Å². The number of carbonyl (C=O) groups is 1. The monoisotopic (exact) mass is 259 g/mol. The van der Waals surface area contributed by atoms with Gasteiger partial charge in [0.15, 0.2) is 5.78 Å². The van der Waals surface area contributed by atoms with E-state index in [1.54, 1.807) is 35.3 Å². The van der Waals surface area contributed by atoms with Crippen LogP contribution in [0.5, 0.6) is 0 Å². The average molecular weight is 259 g/mol. The Morgan fingerprint density at radius 2 is 2.11 bits per heavy atom. The number of nitriles is 1. The van der Waals surface area contributed by atoms with Gasteiger partial charge in [-0.15, -0.1) is 0 Å². The zero-order valence-electron chi connectivity index (χ0n) is 11.0. The minimum atomic E-state index is -0.553. The van der Waals surface area contributed by atoms with Gasteiger partial charge in [0.05, 0.1) is 11.3 Å². The molecule has 0 saturated carbocycles. The number of hydrogen-bond acceptors (Lipinski definition) is 4. The summed E-state index contributed by atoms with van der Waals surface area (Å²) >= 11 is 0. The van der Waals surface area contributed by atoms with Crippen LogP contribution in [0.1, 0.15) is 18.1 Å². The minimum absolute atomic E-state index is 0.0153. The number of hydrazine groups is 1. The lowest BCUT2D eigenvalue weighted by atomic mass is 10.1. The maximum absolute atomic E-state index is 13.6. The second kappa shape index (κ2) is 4.82. The summed E-state index contributed by atoms with van der Waals surface area (Å²) in [5, 5.41) is 12.3. The van der Waals surface area contributed by atoms with Gasteiger partial charge in [0.1, 0.15) is 17.9 Å². The predicted octanol–water partition coefficient (Wildman–Crippen LogP) is 1.79. The van der Waals surface area contributed by atoms with Gasteiger partial charge in [-0.1, -0.05) is 6.07 Å². The molecule has 0 N–H and O–H groups in total. The van der Waals surface area contributed by atoms with E-state index in [0.29, 0.717) is 5.56 Å². The largest absolute Gasteiger partial charge is 0.308 e. The van der Waals surface area contributed by atoms with Crippen molar-refractivity contribution in [3.8, 4) is 6.07 Å². The van der Waals surface area contributed by atoms with Crippen molar-refractivity contribution in [2.45, 2.75) is 13.0 Å². The molecule has 2 rings (SSSR count). The van der Waals surface area contributed by atoms with Gasteiger partial charge < -0.3 is 5.01 Å². The van der Waals surface area contributed by atoms with Crippen LogP contribution < -0.4 is 0 Å². The quantitative estimate of drug-likeness (QED) is 0.812. The van der Waals surface area contributed by atoms with E-state index in [-0.39, 0.29) is 17.4 Å². The molecule has 1 heterocycles. The number of likely N-dealkylation sites (N-methyl/N-ethyl adjacent to an activating group) is 1. The molecule has 5 heteroatoms. The van der Waals surface area contributed by atoms with E-state index in [1.165, 1.54) is 19.1 Å². The molecule has 98 valence electrons. The lowest BCUT2D eigenvalue weighted by Gasteiger charge is -2.28. The molecule has 1 aromatic rings. The lowest BCUT2D eigenvalue weighted by Crippen LogP contribution is -2.39. The van der Waals surface area contributed by atoms with Gasteiger partial charge >= 0.3 is 0 Å². The summed E-state index contributed by atoms with van der Waals surface area (Å²) in [6.07, 6.45) is 1.79. The Kier molecular flexibility index (Phi) is 3.36. The highest BCUT2D eigenvalue weighted by Gasteiger charge is 2.30. The zero-order valence-corrected chi connectivity index (χ0v) is 11.0. The van der Waals surface area contributed by atoms with Crippen LogP contribution in [0.25, 0.3) is 5.70 Å². The molecule has 1 aromatic carbocycles. The van der Waals surface area contributed by atoms with E-state index in [0.717, 1.165) is 5.70 Å². The van der Waals surface area contributed by atoms with Crippen molar-refractivity contribution < 1.29 is 9.18 Å². The van der Waals surface area contributed by atoms with Crippen LogP contribution in [0.4, 0.5) is 4.39 Å². The van der Waals surface area contributed by atoms with Gasteiger partial charge in [-0.3, -0.25) is 4.79 Å². The van der Waals surface area contributed by atoms with Crippen molar-refractivity contribution in [3.05, 3.63) is 41.2 Å². The molecule has 0 bridgehead atoms. The van der Waals surface area contributed by atoms with Gasteiger partial charge in [0.25, 0.3) is 0 Å². The fourth-order valence-electron chi connectivity index (χ4n) is 2.15. The van der Waals surface area contributed by atoms with E-state index >= 15 is 0 Å². The third kappa shape index (κ3) is 2.23. The molecule has 19 heavy (non-hydrogen) atoms. The second-order valence-electron chi connectivity index (χ2n) is 4.51. The zero-order chi connectivity index (χ0) is 14.2. The van der Waals surface area contributed by atoms with Gasteiger partial charge in [-0.2, -0.15) is 5.26 Å². The van der Waals surface area contributed by atoms with E-state index < -0.39 is 5.82 Å². The molecule has 1 aliphatic heterocycles. The van der Waals surface area contributed by atoms with Crippen LogP contribution in [-0.4, -0.2) is 35.9 Å². The van der Waals surface area contributed by atoms with Gasteiger partial charge in [0.2, 0.25) is 0 Å². The molecule has 4 nitrogen and oxygen atoms in total. The summed E-state index contributed by atoms with van der Waals surface area (Å²) in [4.78, 5) is 11.5. The SMILES string of the molecule is CC(=O)C1C=C(c2ccc(C#N)c(F)c2)N(C)N1C. The Hall–Kier alpha value is -2.19. The first kappa shape index (κ1) is 13.2. The molecule has 1 unspecified atom stereocenters. The van der Waals surface area contributed by atoms with Crippen LogP contribution in [-0.2, 0) is 4.79 Å². The summed E-state index contributed by atoms with van der Waals surface area (Å²) in [5.74, 6) is -0.526. The normalized spacial score (nSPS) is 19.2. The van der Waals surface area contributed by atoms with Crippen molar-refractivity contribution >= 4 is 11.5 Å². The Bertz CT molecular complexity index is 603. The number of ketones is 1. The fourth-order valence-corrected chi connectivity index (χ4v) is 2.15. The summed E-state index contributed by atoms with van der Waals surface area (Å²) < 4.78 is 13.6.